The molecular weight excluding hydrogens is 242 g/mol. The Labute approximate surface area is 102 Å². The molecule has 0 bridgehead atoms. The van der Waals surface area contributed by atoms with Crippen LogP contribution in [0.15, 0.2) is 30.3 Å². The molecule has 1 aromatic carbocycles. The Kier molecular flexibility index (Phi) is 5.27. The summed E-state index contributed by atoms with van der Waals surface area (Å²) in [6, 6.07) is 8.78. The highest BCUT2D eigenvalue weighted by Gasteiger charge is 2.26. The Morgan fingerprint density at radius 3 is 2.53 bits per heavy atom. The van der Waals surface area contributed by atoms with Gasteiger partial charge in [0.1, 0.15) is 0 Å². The molecule has 94 valence electrons. The third kappa shape index (κ3) is 4.26. The van der Waals surface area contributed by atoms with Crippen molar-refractivity contribution in [3.63, 3.8) is 0 Å². The molecule has 0 fully saturated rings. The van der Waals surface area contributed by atoms with Crippen LogP contribution in [-0.2, 0) is 16.1 Å². The SMILES string of the molecule is CC(CNS(=O)[O-])C(C(=O)O)c1ccccc1. The van der Waals surface area contributed by atoms with E-state index in [-0.39, 0.29) is 12.5 Å². The van der Waals surface area contributed by atoms with Gasteiger partial charge in [0, 0.05) is 17.8 Å². The molecule has 0 aromatic heterocycles. The van der Waals surface area contributed by atoms with Gasteiger partial charge in [-0.05, 0) is 11.5 Å². The molecule has 17 heavy (non-hydrogen) atoms. The quantitative estimate of drug-likeness (QED) is 0.739. The fourth-order valence-corrected chi connectivity index (χ4v) is 2.09. The van der Waals surface area contributed by atoms with Crippen molar-refractivity contribution in [3.05, 3.63) is 35.9 Å². The Bertz CT molecular complexity index is 396. The largest absolute Gasteiger partial charge is 0.760 e. The van der Waals surface area contributed by atoms with Crippen molar-refractivity contribution >= 4 is 17.2 Å². The third-order valence-corrected chi connectivity index (χ3v) is 2.92. The van der Waals surface area contributed by atoms with Gasteiger partial charge in [-0.3, -0.25) is 9.00 Å². The molecule has 0 spiro atoms. The van der Waals surface area contributed by atoms with E-state index in [2.05, 4.69) is 4.72 Å². The van der Waals surface area contributed by atoms with Crippen LogP contribution >= 0.6 is 0 Å². The molecule has 1 aromatic rings. The van der Waals surface area contributed by atoms with Gasteiger partial charge in [-0.25, -0.2) is 4.72 Å². The van der Waals surface area contributed by atoms with E-state index < -0.39 is 23.2 Å². The van der Waals surface area contributed by atoms with E-state index in [1.165, 1.54) is 0 Å². The maximum atomic E-state index is 11.2. The first kappa shape index (κ1) is 13.8. The van der Waals surface area contributed by atoms with Crippen molar-refractivity contribution in [2.75, 3.05) is 6.54 Å². The number of aliphatic carboxylic acids is 1. The zero-order chi connectivity index (χ0) is 12.8. The maximum Gasteiger partial charge on any atom is 0.311 e. The van der Waals surface area contributed by atoms with Crippen molar-refractivity contribution in [2.24, 2.45) is 5.92 Å². The standard InChI is InChI=1S/C11H15NO4S/c1-8(7-12-17(15)16)10(11(13)14)9-5-3-2-4-6-9/h2-6,8,10,12H,7H2,1H3,(H,13,14)(H,15,16)/p-1. The van der Waals surface area contributed by atoms with Gasteiger partial charge in [0.2, 0.25) is 0 Å². The van der Waals surface area contributed by atoms with Crippen LogP contribution < -0.4 is 4.72 Å². The number of rotatable bonds is 6. The minimum Gasteiger partial charge on any atom is -0.760 e. The van der Waals surface area contributed by atoms with Gasteiger partial charge in [-0.1, -0.05) is 37.3 Å². The minimum absolute atomic E-state index is 0.0992. The first-order valence-corrected chi connectivity index (χ1v) is 6.20. The fraction of sp³-hybridized carbons (Fsp3) is 0.364. The van der Waals surface area contributed by atoms with Gasteiger partial charge in [0.05, 0.1) is 5.92 Å². The number of nitrogens with one attached hydrogen (secondary N) is 1. The summed E-state index contributed by atoms with van der Waals surface area (Å²) >= 11 is -2.37. The molecule has 0 saturated heterocycles. The Morgan fingerprint density at radius 2 is 2.06 bits per heavy atom. The van der Waals surface area contributed by atoms with Crippen LogP contribution in [0.4, 0.5) is 0 Å². The smallest absolute Gasteiger partial charge is 0.311 e. The zero-order valence-corrected chi connectivity index (χ0v) is 10.1. The minimum atomic E-state index is -2.37. The summed E-state index contributed by atoms with van der Waals surface area (Å²) in [5, 5.41) is 9.18. The Morgan fingerprint density at radius 1 is 1.47 bits per heavy atom. The molecule has 3 atom stereocenters. The van der Waals surface area contributed by atoms with E-state index in [4.69, 9.17) is 0 Å². The number of carbonyl (C=O) groups is 1. The summed E-state index contributed by atoms with van der Waals surface area (Å²) in [5.41, 5.74) is 0.672. The highest BCUT2D eigenvalue weighted by molar-refractivity contribution is 7.77. The van der Waals surface area contributed by atoms with Gasteiger partial charge in [-0.15, -0.1) is 0 Å². The summed E-state index contributed by atoms with van der Waals surface area (Å²) in [4.78, 5) is 11.2. The van der Waals surface area contributed by atoms with E-state index in [9.17, 15) is 18.7 Å². The van der Waals surface area contributed by atoms with Crippen LogP contribution in [-0.4, -0.2) is 26.4 Å². The van der Waals surface area contributed by atoms with Crippen LogP contribution in [0.5, 0.6) is 0 Å². The maximum absolute atomic E-state index is 11.2. The molecule has 0 radical (unpaired) electrons. The van der Waals surface area contributed by atoms with E-state index in [0.29, 0.717) is 5.56 Å². The first-order valence-electron chi connectivity index (χ1n) is 5.13. The van der Waals surface area contributed by atoms with E-state index in [0.717, 1.165) is 0 Å². The lowest BCUT2D eigenvalue weighted by Gasteiger charge is -2.21. The number of benzene rings is 1. The number of carboxylic acids is 1. The second-order valence-electron chi connectivity index (χ2n) is 3.79. The van der Waals surface area contributed by atoms with Crippen molar-refractivity contribution < 1.29 is 18.7 Å². The number of hydrogen-bond acceptors (Lipinski definition) is 3. The van der Waals surface area contributed by atoms with Gasteiger partial charge in [0.25, 0.3) is 0 Å². The molecular formula is C11H14NO4S-. The molecule has 0 aliphatic carbocycles. The van der Waals surface area contributed by atoms with Crippen molar-refractivity contribution in [3.8, 4) is 0 Å². The van der Waals surface area contributed by atoms with Gasteiger partial charge >= 0.3 is 5.97 Å². The molecule has 6 heteroatoms. The van der Waals surface area contributed by atoms with Gasteiger partial charge < -0.3 is 9.66 Å². The highest BCUT2D eigenvalue weighted by atomic mass is 32.2. The predicted octanol–water partition coefficient (Wildman–Crippen LogP) is 0.875. The molecule has 2 N–H and O–H groups in total. The number of hydrogen-bond donors (Lipinski definition) is 2. The second kappa shape index (κ2) is 6.48. The number of carboxylic acid groups (broad SMARTS) is 1. The Balaban J connectivity index is 2.79. The van der Waals surface area contributed by atoms with Crippen molar-refractivity contribution in [1.82, 2.24) is 4.72 Å². The molecule has 1 rings (SSSR count). The van der Waals surface area contributed by atoms with Crippen LogP contribution in [0.1, 0.15) is 18.4 Å². The lowest BCUT2D eigenvalue weighted by molar-refractivity contribution is -0.140. The zero-order valence-electron chi connectivity index (χ0n) is 9.33. The molecule has 0 aliphatic heterocycles. The monoisotopic (exact) mass is 256 g/mol. The van der Waals surface area contributed by atoms with Crippen LogP contribution in [0.2, 0.25) is 0 Å². The van der Waals surface area contributed by atoms with Crippen molar-refractivity contribution in [2.45, 2.75) is 12.8 Å². The third-order valence-electron chi connectivity index (χ3n) is 2.52. The lowest BCUT2D eigenvalue weighted by atomic mass is 9.87. The molecule has 5 nitrogen and oxygen atoms in total. The first-order chi connectivity index (χ1) is 8.02. The van der Waals surface area contributed by atoms with Crippen LogP contribution in [0, 0.1) is 5.92 Å². The molecule has 0 amide bonds. The van der Waals surface area contributed by atoms with Crippen molar-refractivity contribution in [1.29, 1.82) is 0 Å². The average Bonchev–Trinajstić information content (AvgIpc) is 2.27. The van der Waals surface area contributed by atoms with Crippen LogP contribution in [0.3, 0.4) is 0 Å². The fourth-order valence-electron chi connectivity index (χ4n) is 1.69. The predicted molar refractivity (Wildman–Crippen MR) is 62.9 cm³/mol. The molecule has 0 saturated carbocycles. The topological polar surface area (TPSA) is 89.5 Å². The van der Waals surface area contributed by atoms with Crippen LogP contribution in [0.25, 0.3) is 0 Å². The van der Waals surface area contributed by atoms with Gasteiger partial charge in [-0.2, -0.15) is 0 Å². The second-order valence-corrected chi connectivity index (χ2v) is 4.55. The normalized spacial score (nSPS) is 16.1. The summed E-state index contributed by atoms with van der Waals surface area (Å²) in [7, 11) is 0. The lowest BCUT2D eigenvalue weighted by Crippen LogP contribution is -2.30. The average molecular weight is 256 g/mol. The van der Waals surface area contributed by atoms with E-state index in [1.54, 1.807) is 37.3 Å². The van der Waals surface area contributed by atoms with E-state index in [1.807, 2.05) is 0 Å². The molecule has 0 aliphatic rings. The summed E-state index contributed by atoms with van der Waals surface area (Å²) in [6.07, 6.45) is 0. The molecule has 3 unspecified atom stereocenters. The van der Waals surface area contributed by atoms with Gasteiger partial charge in [0.15, 0.2) is 0 Å². The summed E-state index contributed by atoms with van der Waals surface area (Å²) in [5.74, 6) is -2.00. The Hall–Kier alpha value is -1.24. The highest BCUT2D eigenvalue weighted by Crippen LogP contribution is 2.24. The summed E-state index contributed by atoms with van der Waals surface area (Å²) < 4.78 is 23.0. The van der Waals surface area contributed by atoms with E-state index >= 15 is 0 Å². The summed E-state index contributed by atoms with van der Waals surface area (Å²) in [6.45, 7) is 1.80. The molecule has 0 heterocycles.